The maximum atomic E-state index is 11.8. The highest BCUT2D eigenvalue weighted by Crippen LogP contribution is 2.05. The average Bonchev–Trinajstić information content (AvgIpc) is 2.43. The molecule has 3 nitrogen and oxygen atoms in total. The molecule has 0 radical (unpaired) electrons. The fourth-order valence-corrected chi connectivity index (χ4v) is 1.80. The molecule has 84 valence electrons. The molecule has 0 aromatic carbocycles. The molecule has 15 heavy (non-hydrogen) atoms. The lowest BCUT2D eigenvalue weighted by Gasteiger charge is -2.20. The van der Waals surface area contributed by atoms with Crippen molar-refractivity contribution < 1.29 is 4.79 Å². The molecule has 0 unspecified atom stereocenters. The Bertz CT molecular complexity index is 244. The Balaban J connectivity index is 2.29. The highest BCUT2D eigenvalue weighted by molar-refractivity contribution is 5.76. The number of unbranched alkanes of at least 4 members (excludes halogenated alkanes) is 1. The molecule has 0 bridgehead atoms. The Labute approximate surface area is 92.4 Å². The van der Waals surface area contributed by atoms with Gasteiger partial charge in [0, 0.05) is 32.5 Å². The summed E-state index contributed by atoms with van der Waals surface area (Å²) in [7, 11) is 2.10. The van der Waals surface area contributed by atoms with E-state index in [2.05, 4.69) is 17.9 Å². The van der Waals surface area contributed by atoms with Crippen LogP contribution in [-0.2, 0) is 4.79 Å². The maximum absolute atomic E-state index is 11.8. The molecular weight excluding hydrogens is 188 g/mol. The lowest BCUT2D eigenvalue weighted by molar-refractivity contribution is -0.131. The van der Waals surface area contributed by atoms with Crippen LogP contribution in [-0.4, -0.2) is 48.9 Å². The van der Waals surface area contributed by atoms with Crippen LogP contribution in [0.4, 0.5) is 0 Å². The van der Waals surface area contributed by atoms with Crippen LogP contribution in [0.3, 0.4) is 0 Å². The van der Waals surface area contributed by atoms with Crippen LogP contribution in [0.25, 0.3) is 0 Å². The number of nitrogens with zero attached hydrogens (tertiary/aromatic N) is 2. The molecule has 0 spiro atoms. The van der Waals surface area contributed by atoms with Gasteiger partial charge in [0.1, 0.15) is 0 Å². The van der Waals surface area contributed by atoms with Gasteiger partial charge >= 0.3 is 0 Å². The van der Waals surface area contributed by atoms with Crippen LogP contribution in [0.5, 0.6) is 0 Å². The first-order valence-electron chi connectivity index (χ1n) is 5.64. The summed E-state index contributed by atoms with van der Waals surface area (Å²) in [5, 5.41) is 0. The third-order valence-corrected chi connectivity index (χ3v) is 2.78. The number of hydrogen-bond donors (Lipinski definition) is 0. The van der Waals surface area contributed by atoms with Crippen LogP contribution < -0.4 is 0 Å². The van der Waals surface area contributed by atoms with E-state index in [1.807, 2.05) is 4.90 Å². The minimum Gasteiger partial charge on any atom is -0.341 e. The van der Waals surface area contributed by atoms with Crippen molar-refractivity contribution in [3.05, 3.63) is 0 Å². The topological polar surface area (TPSA) is 23.6 Å². The largest absolute Gasteiger partial charge is 0.341 e. The van der Waals surface area contributed by atoms with Gasteiger partial charge in [-0.3, -0.25) is 4.79 Å². The summed E-state index contributed by atoms with van der Waals surface area (Å²) in [4.78, 5) is 16.0. The van der Waals surface area contributed by atoms with E-state index in [0.29, 0.717) is 12.8 Å². The zero-order valence-electron chi connectivity index (χ0n) is 9.54. The first-order chi connectivity index (χ1) is 7.24. The number of carbonyl (C=O) groups is 1. The summed E-state index contributed by atoms with van der Waals surface area (Å²) in [6, 6.07) is 0. The van der Waals surface area contributed by atoms with Crippen LogP contribution in [0.2, 0.25) is 0 Å². The smallest absolute Gasteiger partial charge is 0.222 e. The van der Waals surface area contributed by atoms with Crippen LogP contribution in [0.15, 0.2) is 0 Å². The molecule has 0 aliphatic carbocycles. The summed E-state index contributed by atoms with van der Waals surface area (Å²) < 4.78 is 0. The van der Waals surface area contributed by atoms with Gasteiger partial charge in [-0.1, -0.05) is 0 Å². The van der Waals surface area contributed by atoms with Crippen LogP contribution >= 0.6 is 0 Å². The van der Waals surface area contributed by atoms with E-state index in [1.165, 1.54) is 0 Å². The van der Waals surface area contributed by atoms with E-state index in [-0.39, 0.29) is 5.91 Å². The van der Waals surface area contributed by atoms with E-state index < -0.39 is 0 Å². The Morgan fingerprint density at radius 1 is 1.33 bits per heavy atom. The highest BCUT2D eigenvalue weighted by Gasteiger charge is 2.16. The quantitative estimate of drug-likeness (QED) is 0.509. The van der Waals surface area contributed by atoms with Crippen molar-refractivity contribution in [2.24, 2.45) is 0 Å². The monoisotopic (exact) mass is 208 g/mol. The summed E-state index contributed by atoms with van der Waals surface area (Å²) in [5.41, 5.74) is 0. The van der Waals surface area contributed by atoms with Gasteiger partial charge in [-0.05, 0) is 26.4 Å². The molecule has 1 saturated heterocycles. The second-order valence-electron chi connectivity index (χ2n) is 4.10. The van der Waals surface area contributed by atoms with Gasteiger partial charge in [0.2, 0.25) is 5.91 Å². The molecule has 0 saturated carbocycles. The van der Waals surface area contributed by atoms with Gasteiger partial charge in [-0.2, -0.15) is 0 Å². The first-order valence-corrected chi connectivity index (χ1v) is 5.64. The number of amides is 1. The molecule has 1 amide bonds. The summed E-state index contributed by atoms with van der Waals surface area (Å²) in [5.74, 6) is 2.83. The Morgan fingerprint density at radius 3 is 2.87 bits per heavy atom. The summed E-state index contributed by atoms with van der Waals surface area (Å²) in [6.45, 7) is 3.85. The fraction of sp³-hybridized carbons (Fsp3) is 0.750. The Kier molecular flexibility index (Phi) is 5.20. The fourth-order valence-electron chi connectivity index (χ4n) is 1.80. The molecule has 1 rings (SSSR count). The lowest BCUT2D eigenvalue weighted by Crippen LogP contribution is -2.34. The standard InChI is InChI=1S/C12H20N2O/c1-3-4-5-7-12(15)14-9-6-8-13(2)10-11-14/h1H,4-11H2,2H3. The van der Waals surface area contributed by atoms with Crippen molar-refractivity contribution in [1.82, 2.24) is 9.80 Å². The SMILES string of the molecule is C#CCCCC(=O)N1CCCN(C)CC1. The summed E-state index contributed by atoms with van der Waals surface area (Å²) in [6.07, 6.45) is 8.37. The van der Waals surface area contributed by atoms with Gasteiger partial charge in [-0.25, -0.2) is 0 Å². The van der Waals surface area contributed by atoms with Gasteiger partial charge in [0.25, 0.3) is 0 Å². The zero-order chi connectivity index (χ0) is 11.1. The third kappa shape index (κ3) is 4.35. The predicted octanol–water partition coefficient (Wildman–Crippen LogP) is 0.954. The molecule has 1 aliphatic heterocycles. The van der Waals surface area contributed by atoms with Crippen molar-refractivity contribution in [2.75, 3.05) is 33.2 Å². The van der Waals surface area contributed by atoms with Gasteiger partial charge in [0.05, 0.1) is 0 Å². The second kappa shape index (κ2) is 6.47. The van der Waals surface area contributed by atoms with E-state index >= 15 is 0 Å². The zero-order valence-corrected chi connectivity index (χ0v) is 9.54. The maximum Gasteiger partial charge on any atom is 0.222 e. The molecule has 1 fully saturated rings. The van der Waals surface area contributed by atoms with E-state index in [9.17, 15) is 4.79 Å². The molecule has 0 aromatic rings. The van der Waals surface area contributed by atoms with Crippen molar-refractivity contribution >= 4 is 5.91 Å². The number of likely N-dealkylation sites (N-methyl/N-ethyl adjacent to an activating group) is 1. The number of carbonyl (C=O) groups excluding carboxylic acids is 1. The van der Waals surface area contributed by atoms with Gasteiger partial charge in [0.15, 0.2) is 0 Å². The predicted molar refractivity (Wildman–Crippen MR) is 61.4 cm³/mol. The second-order valence-corrected chi connectivity index (χ2v) is 4.10. The first kappa shape index (κ1) is 12.1. The normalized spacial score (nSPS) is 18.3. The van der Waals surface area contributed by atoms with Crippen molar-refractivity contribution in [2.45, 2.75) is 25.7 Å². The van der Waals surface area contributed by atoms with E-state index in [0.717, 1.165) is 39.0 Å². The number of hydrogen-bond acceptors (Lipinski definition) is 2. The number of rotatable bonds is 3. The molecular formula is C12H20N2O. The van der Waals surface area contributed by atoms with Crippen LogP contribution in [0, 0.1) is 12.3 Å². The highest BCUT2D eigenvalue weighted by atomic mass is 16.2. The van der Waals surface area contributed by atoms with Crippen LogP contribution in [0.1, 0.15) is 25.7 Å². The minimum absolute atomic E-state index is 0.264. The lowest BCUT2D eigenvalue weighted by atomic mass is 10.2. The van der Waals surface area contributed by atoms with Crippen molar-refractivity contribution in [3.8, 4) is 12.3 Å². The third-order valence-electron chi connectivity index (χ3n) is 2.78. The Hall–Kier alpha value is -1.01. The Morgan fingerprint density at radius 2 is 2.13 bits per heavy atom. The molecule has 0 aromatic heterocycles. The van der Waals surface area contributed by atoms with Crippen molar-refractivity contribution in [3.63, 3.8) is 0 Å². The molecule has 1 heterocycles. The molecule has 0 atom stereocenters. The van der Waals surface area contributed by atoms with Gasteiger partial charge < -0.3 is 9.80 Å². The average molecular weight is 208 g/mol. The van der Waals surface area contributed by atoms with Crippen molar-refractivity contribution in [1.29, 1.82) is 0 Å². The minimum atomic E-state index is 0.264. The number of terminal acetylenes is 1. The van der Waals surface area contributed by atoms with E-state index in [4.69, 9.17) is 6.42 Å². The van der Waals surface area contributed by atoms with Gasteiger partial charge in [-0.15, -0.1) is 12.3 Å². The molecule has 0 N–H and O–H groups in total. The molecule has 1 aliphatic rings. The van der Waals surface area contributed by atoms with E-state index in [1.54, 1.807) is 0 Å². The molecule has 3 heteroatoms. The summed E-state index contributed by atoms with van der Waals surface area (Å²) >= 11 is 0.